The Morgan fingerprint density at radius 3 is 2.38 bits per heavy atom. The van der Waals surface area contributed by atoms with Gasteiger partial charge in [-0.3, -0.25) is 13.9 Å². The third-order valence-electron chi connectivity index (χ3n) is 5.76. The summed E-state index contributed by atoms with van der Waals surface area (Å²) in [7, 11) is 5.09. The van der Waals surface area contributed by atoms with Gasteiger partial charge < -0.3 is 24.2 Å². The fourth-order valence-electron chi connectivity index (χ4n) is 3.84. The molecular weight excluding hydrogens is 436 g/mol. The molecule has 0 saturated carbocycles. The molecule has 1 N–H and O–H groups in total. The van der Waals surface area contributed by atoms with Gasteiger partial charge in [-0.05, 0) is 31.3 Å². The van der Waals surface area contributed by atoms with Gasteiger partial charge in [-0.15, -0.1) is 0 Å². The van der Waals surface area contributed by atoms with Gasteiger partial charge in [0.05, 0.1) is 6.54 Å². The standard InChI is InChI=1S/C21H27ClN6O4/c1-24-8-10-27(11-9-24)20-23-18-17(19(30)26(3)21(31)25(18)2)28(20)12-15(29)13-32-16-6-4-14(22)5-7-16/h4-7,15,29H,8-13H2,1-3H3. The van der Waals surface area contributed by atoms with E-state index in [4.69, 9.17) is 16.3 Å². The van der Waals surface area contributed by atoms with Crippen molar-refractivity contribution in [3.63, 3.8) is 0 Å². The van der Waals surface area contributed by atoms with Crippen molar-refractivity contribution in [1.29, 1.82) is 0 Å². The number of benzene rings is 1. The maximum absolute atomic E-state index is 13.0. The number of halogens is 1. The summed E-state index contributed by atoms with van der Waals surface area (Å²) in [5.74, 6) is 1.15. The van der Waals surface area contributed by atoms with Crippen molar-refractivity contribution < 1.29 is 9.84 Å². The number of anilines is 1. The molecule has 0 amide bonds. The van der Waals surface area contributed by atoms with Gasteiger partial charge in [0.1, 0.15) is 18.5 Å². The lowest BCUT2D eigenvalue weighted by Crippen LogP contribution is -2.45. The monoisotopic (exact) mass is 462 g/mol. The maximum Gasteiger partial charge on any atom is 0.332 e. The largest absolute Gasteiger partial charge is 0.491 e. The number of hydrogen-bond acceptors (Lipinski definition) is 7. The molecule has 32 heavy (non-hydrogen) atoms. The highest BCUT2D eigenvalue weighted by molar-refractivity contribution is 6.30. The average Bonchev–Trinajstić information content (AvgIpc) is 3.15. The van der Waals surface area contributed by atoms with E-state index in [1.165, 1.54) is 11.6 Å². The predicted molar refractivity (Wildman–Crippen MR) is 123 cm³/mol. The van der Waals surface area contributed by atoms with Crippen LogP contribution in [-0.2, 0) is 20.6 Å². The minimum absolute atomic E-state index is 0.0234. The van der Waals surface area contributed by atoms with Crippen LogP contribution in [0.3, 0.4) is 0 Å². The van der Waals surface area contributed by atoms with E-state index in [1.54, 1.807) is 35.9 Å². The van der Waals surface area contributed by atoms with Crippen LogP contribution in [0.4, 0.5) is 5.95 Å². The first kappa shape index (κ1) is 22.4. The number of nitrogens with zero attached hydrogens (tertiary/aromatic N) is 6. The Morgan fingerprint density at radius 2 is 1.72 bits per heavy atom. The van der Waals surface area contributed by atoms with Crippen LogP contribution in [0.15, 0.2) is 33.9 Å². The van der Waals surface area contributed by atoms with Crippen LogP contribution in [0, 0.1) is 0 Å². The summed E-state index contributed by atoms with van der Waals surface area (Å²) in [5.41, 5.74) is -0.294. The van der Waals surface area contributed by atoms with Crippen molar-refractivity contribution in [3.8, 4) is 5.75 Å². The number of fused-ring (bicyclic) bond motifs is 1. The van der Waals surface area contributed by atoms with Gasteiger partial charge in [0.2, 0.25) is 5.95 Å². The molecule has 1 unspecified atom stereocenters. The van der Waals surface area contributed by atoms with Crippen LogP contribution in [0.25, 0.3) is 11.2 Å². The second-order valence-electron chi connectivity index (χ2n) is 8.11. The molecule has 1 saturated heterocycles. The Morgan fingerprint density at radius 1 is 1.06 bits per heavy atom. The van der Waals surface area contributed by atoms with E-state index in [1.807, 2.05) is 0 Å². The van der Waals surface area contributed by atoms with Gasteiger partial charge in [0.15, 0.2) is 11.2 Å². The molecule has 3 heterocycles. The third kappa shape index (κ3) is 4.25. The van der Waals surface area contributed by atoms with E-state index in [2.05, 4.69) is 21.8 Å². The summed E-state index contributed by atoms with van der Waals surface area (Å²) in [5, 5.41) is 11.3. The molecule has 10 nitrogen and oxygen atoms in total. The zero-order valence-corrected chi connectivity index (χ0v) is 19.1. The zero-order valence-electron chi connectivity index (χ0n) is 18.4. The van der Waals surface area contributed by atoms with Gasteiger partial charge in [-0.1, -0.05) is 11.6 Å². The van der Waals surface area contributed by atoms with E-state index in [0.717, 1.165) is 30.7 Å². The lowest BCUT2D eigenvalue weighted by Gasteiger charge is -2.33. The molecule has 0 bridgehead atoms. The van der Waals surface area contributed by atoms with Crippen LogP contribution >= 0.6 is 11.6 Å². The molecule has 1 aliphatic rings. The van der Waals surface area contributed by atoms with E-state index in [-0.39, 0.29) is 18.7 Å². The molecule has 0 spiro atoms. The highest BCUT2D eigenvalue weighted by Gasteiger charge is 2.26. The molecule has 172 valence electrons. The maximum atomic E-state index is 13.0. The number of aryl methyl sites for hydroxylation is 1. The topological polar surface area (TPSA) is 97.8 Å². The Labute approximate surface area is 189 Å². The Kier molecular flexibility index (Phi) is 6.27. The number of hydrogen-bond donors (Lipinski definition) is 1. The second-order valence-corrected chi connectivity index (χ2v) is 8.55. The summed E-state index contributed by atoms with van der Waals surface area (Å²) in [6, 6.07) is 6.87. The molecule has 4 rings (SSSR count). The molecule has 0 aliphatic carbocycles. The van der Waals surface area contributed by atoms with E-state index < -0.39 is 17.4 Å². The lowest BCUT2D eigenvalue weighted by atomic mass is 10.3. The molecule has 0 radical (unpaired) electrons. The number of rotatable bonds is 6. The first-order valence-electron chi connectivity index (χ1n) is 10.4. The molecular formula is C21H27ClN6O4. The predicted octanol–water partition coefficient (Wildman–Crippen LogP) is 0.279. The van der Waals surface area contributed by atoms with Crippen LogP contribution in [0.5, 0.6) is 5.75 Å². The van der Waals surface area contributed by atoms with Gasteiger partial charge in [-0.25, -0.2) is 4.79 Å². The lowest BCUT2D eigenvalue weighted by molar-refractivity contribution is 0.0935. The number of aromatic nitrogens is 4. The molecule has 1 fully saturated rings. The second kappa shape index (κ2) is 8.97. The number of likely N-dealkylation sites (N-methyl/N-ethyl adjacent to an activating group) is 1. The van der Waals surface area contributed by atoms with Gasteiger partial charge in [0, 0.05) is 45.3 Å². The smallest absolute Gasteiger partial charge is 0.332 e. The van der Waals surface area contributed by atoms with Gasteiger partial charge in [-0.2, -0.15) is 4.98 Å². The summed E-state index contributed by atoms with van der Waals surface area (Å²) in [6.45, 7) is 3.27. The van der Waals surface area contributed by atoms with Crippen molar-refractivity contribution in [2.45, 2.75) is 12.6 Å². The number of piperazine rings is 1. The minimum Gasteiger partial charge on any atom is -0.491 e. The van der Waals surface area contributed by atoms with Crippen molar-refractivity contribution in [1.82, 2.24) is 23.6 Å². The zero-order chi connectivity index (χ0) is 23.0. The summed E-state index contributed by atoms with van der Waals surface area (Å²) in [6.07, 6.45) is -0.906. The molecule has 2 aromatic heterocycles. The Balaban J connectivity index is 1.69. The molecule has 1 atom stereocenters. The van der Waals surface area contributed by atoms with E-state index in [0.29, 0.717) is 22.4 Å². The molecule has 1 aliphatic heterocycles. The van der Waals surface area contributed by atoms with Crippen molar-refractivity contribution in [3.05, 3.63) is 50.1 Å². The highest BCUT2D eigenvalue weighted by atomic mass is 35.5. The quantitative estimate of drug-likeness (QED) is 0.562. The van der Waals surface area contributed by atoms with Crippen LogP contribution in [-0.4, -0.2) is 74.6 Å². The van der Waals surface area contributed by atoms with Crippen molar-refractivity contribution in [2.75, 3.05) is 44.7 Å². The summed E-state index contributed by atoms with van der Waals surface area (Å²) < 4.78 is 9.81. The van der Waals surface area contributed by atoms with Gasteiger partial charge >= 0.3 is 5.69 Å². The van der Waals surface area contributed by atoms with Crippen molar-refractivity contribution >= 4 is 28.7 Å². The average molecular weight is 463 g/mol. The van der Waals surface area contributed by atoms with Crippen molar-refractivity contribution in [2.24, 2.45) is 14.1 Å². The molecule has 1 aromatic carbocycles. The number of aliphatic hydroxyl groups is 1. The first-order chi connectivity index (χ1) is 15.3. The Bertz CT molecular complexity index is 1220. The molecule has 3 aromatic rings. The van der Waals surface area contributed by atoms with E-state index in [9.17, 15) is 14.7 Å². The fraction of sp³-hybridized carbons (Fsp3) is 0.476. The van der Waals surface area contributed by atoms with Crippen LogP contribution in [0.1, 0.15) is 0 Å². The number of aliphatic hydroxyl groups excluding tert-OH is 1. The van der Waals surface area contributed by atoms with E-state index >= 15 is 0 Å². The summed E-state index contributed by atoms with van der Waals surface area (Å²) >= 11 is 5.90. The number of ether oxygens (including phenoxy) is 1. The fourth-order valence-corrected chi connectivity index (χ4v) is 3.97. The normalized spacial score (nSPS) is 16.0. The SMILES string of the molecule is CN1CCN(c2nc3c(c(=O)n(C)c(=O)n3C)n2CC(O)COc2ccc(Cl)cc2)CC1. The Hall–Kier alpha value is -2.82. The third-order valence-corrected chi connectivity index (χ3v) is 6.02. The van der Waals surface area contributed by atoms with Crippen LogP contribution in [0.2, 0.25) is 5.02 Å². The highest BCUT2D eigenvalue weighted by Crippen LogP contribution is 2.22. The minimum atomic E-state index is -0.906. The molecule has 11 heteroatoms. The van der Waals surface area contributed by atoms with Gasteiger partial charge in [0.25, 0.3) is 5.56 Å². The summed E-state index contributed by atoms with van der Waals surface area (Å²) in [4.78, 5) is 34.4. The number of imidazole rings is 1. The first-order valence-corrected chi connectivity index (χ1v) is 10.8. The van der Waals surface area contributed by atoms with Crippen LogP contribution < -0.4 is 20.9 Å².